The lowest BCUT2D eigenvalue weighted by Crippen LogP contribution is -2.34. The van der Waals surface area contributed by atoms with Gasteiger partial charge < -0.3 is 11.1 Å². The molecule has 1 saturated carbocycles. The van der Waals surface area contributed by atoms with Gasteiger partial charge in [-0.25, -0.2) is 0 Å². The van der Waals surface area contributed by atoms with Crippen molar-refractivity contribution < 1.29 is 4.21 Å². The van der Waals surface area contributed by atoms with E-state index in [0.29, 0.717) is 24.3 Å². The molecule has 5 heteroatoms. The molecule has 0 aromatic carbocycles. The van der Waals surface area contributed by atoms with Crippen LogP contribution in [0.25, 0.3) is 0 Å². The van der Waals surface area contributed by atoms with Gasteiger partial charge in [-0.3, -0.25) is 9.20 Å². The minimum Gasteiger partial charge on any atom is -0.370 e. The average Bonchev–Trinajstić information content (AvgIpc) is 2.86. The van der Waals surface area contributed by atoms with E-state index >= 15 is 0 Å². The Morgan fingerprint density at radius 1 is 1.53 bits per heavy atom. The van der Waals surface area contributed by atoms with Gasteiger partial charge in [0.2, 0.25) is 0 Å². The molecule has 3 N–H and O–H groups in total. The van der Waals surface area contributed by atoms with Gasteiger partial charge in [0.1, 0.15) is 0 Å². The molecule has 15 heavy (non-hydrogen) atoms. The summed E-state index contributed by atoms with van der Waals surface area (Å²) in [5.41, 5.74) is 5.65. The fraction of sp³-hybridized carbons (Fsp3) is 0.900. The number of rotatable bonds is 4. The lowest BCUT2D eigenvalue weighted by Gasteiger charge is -2.16. The van der Waals surface area contributed by atoms with Gasteiger partial charge >= 0.3 is 0 Å². The van der Waals surface area contributed by atoms with Gasteiger partial charge in [0, 0.05) is 27.3 Å². The predicted molar refractivity (Wildman–Crippen MR) is 65.4 cm³/mol. The predicted octanol–water partition coefficient (Wildman–Crippen LogP) is 0.600. The number of nitrogens with one attached hydrogen (secondary N) is 1. The minimum atomic E-state index is -0.841. The first kappa shape index (κ1) is 12.5. The van der Waals surface area contributed by atoms with Crippen LogP contribution in [0.1, 0.15) is 33.6 Å². The number of hydrogen-bond donors (Lipinski definition) is 2. The van der Waals surface area contributed by atoms with Crippen LogP contribution in [0.4, 0.5) is 0 Å². The summed E-state index contributed by atoms with van der Waals surface area (Å²) in [5, 5.41) is 3.10. The van der Waals surface area contributed by atoms with Crippen molar-refractivity contribution in [1.29, 1.82) is 0 Å². The normalized spacial score (nSPS) is 20.1. The van der Waals surface area contributed by atoms with Gasteiger partial charge in [-0.15, -0.1) is 0 Å². The van der Waals surface area contributed by atoms with Crippen molar-refractivity contribution in [2.24, 2.45) is 10.7 Å². The Hall–Kier alpha value is -0.580. The Labute approximate surface area is 94.2 Å². The SMILES string of the molecule is CC(C)(C)S(=O)CCN=C(N)NC1CC1. The Bertz CT molecular complexity index is 266. The summed E-state index contributed by atoms with van der Waals surface area (Å²) in [5.74, 6) is 1.07. The van der Waals surface area contributed by atoms with Crippen molar-refractivity contribution in [3.8, 4) is 0 Å². The summed E-state index contributed by atoms with van der Waals surface area (Å²) in [6.45, 7) is 6.45. The molecule has 0 heterocycles. The zero-order valence-corrected chi connectivity index (χ0v) is 10.6. The third kappa shape index (κ3) is 5.16. The van der Waals surface area contributed by atoms with Crippen molar-refractivity contribution in [2.45, 2.75) is 44.4 Å². The Kier molecular flexibility index (Phi) is 4.13. The van der Waals surface area contributed by atoms with E-state index in [1.54, 1.807) is 0 Å². The Balaban J connectivity index is 2.21. The Morgan fingerprint density at radius 2 is 2.13 bits per heavy atom. The van der Waals surface area contributed by atoms with Crippen LogP contribution in [0.2, 0.25) is 0 Å². The van der Waals surface area contributed by atoms with Crippen molar-refractivity contribution in [2.75, 3.05) is 12.3 Å². The van der Waals surface area contributed by atoms with Gasteiger partial charge in [-0.2, -0.15) is 0 Å². The van der Waals surface area contributed by atoms with E-state index < -0.39 is 10.8 Å². The molecule has 0 spiro atoms. The number of guanidine groups is 1. The van der Waals surface area contributed by atoms with Crippen LogP contribution in [-0.4, -0.2) is 33.3 Å². The molecule has 0 bridgehead atoms. The maximum atomic E-state index is 11.7. The fourth-order valence-electron chi connectivity index (χ4n) is 1.04. The molecule has 0 radical (unpaired) electrons. The standard InChI is InChI=1S/C10H21N3OS/c1-10(2,3)15(14)7-6-12-9(11)13-8-4-5-8/h8H,4-7H2,1-3H3,(H3,11,12,13). The van der Waals surface area contributed by atoms with Crippen molar-refractivity contribution in [3.05, 3.63) is 0 Å². The van der Waals surface area contributed by atoms with Crippen LogP contribution in [0.3, 0.4) is 0 Å². The average molecular weight is 231 g/mol. The van der Waals surface area contributed by atoms with Crippen LogP contribution in [-0.2, 0) is 10.8 Å². The van der Waals surface area contributed by atoms with E-state index in [2.05, 4.69) is 10.3 Å². The fourth-order valence-corrected chi connectivity index (χ4v) is 1.91. The summed E-state index contributed by atoms with van der Waals surface area (Å²) in [6, 6.07) is 0.530. The molecular formula is C10H21N3OS. The number of nitrogens with zero attached hydrogens (tertiary/aromatic N) is 1. The molecule has 0 aromatic rings. The molecule has 88 valence electrons. The molecule has 1 fully saturated rings. The van der Waals surface area contributed by atoms with Gasteiger partial charge in [-0.1, -0.05) is 0 Å². The monoisotopic (exact) mass is 231 g/mol. The smallest absolute Gasteiger partial charge is 0.188 e. The maximum absolute atomic E-state index is 11.7. The van der Waals surface area contributed by atoms with E-state index in [4.69, 9.17) is 5.73 Å². The molecule has 0 aromatic heterocycles. The van der Waals surface area contributed by atoms with Gasteiger partial charge in [0.25, 0.3) is 0 Å². The molecule has 1 aliphatic rings. The van der Waals surface area contributed by atoms with Crippen molar-refractivity contribution >= 4 is 16.8 Å². The molecule has 1 aliphatic carbocycles. The second kappa shape index (κ2) is 4.96. The zero-order chi connectivity index (χ0) is 11.5. The number of aliphatic imine (C=N–C) groups is 1. The van der Waals surface area contributed by atoms with E-state index in [1.807, 2.05) is 20.8 Å². The summed E-state index contributed by atoms with van der Waals surface area (Å²) in [4.78, 5) is 4.15. The topological polar surface area (TPSA) is 67.5 Å². The highest BCUT2D eigenvalue weighted by molar-refractivity contribution is 7.86. The molecule has 1 atom stereocenters. The van der Waals surface area contributed by atoms with Crippen LogP contribution in [0.5, 0.6) is 0 Å². The molecule has 0 amide bonds. The molecule has 0 aliphatic heterocycles. The summed E-state index contributed by atoms with van der Waals surface area (Å²) >= 11 is 0. The lowest BCUT2D eigenvalue weighted by atomic mass is 10.3. The lowest BCUT2D eigenvalue weighted by molar-refractivity contribution is 0.648. The van der Waals surface area contributed by atoms with Crippen LogP contribution < -0.4 is 11.1 Å². The van der Waals surface area contributed by atoms with E-state index in [9.17, 15) is 4.21 Å². The highest BCUT2D eigenvalue weighted by Gasteiger charge is 2.21. The molecule has 1 unspecified atom stereocenters. The van der Waals surface area contributed by atoms with E-state index in [0.717, 1.165) is 0 Å². The molecule has 0 saturated heterocycles. The number of hydrogen-bond acceptors (Lipinski definition) is 2. The quantitative estimate of drug-likeness (QED) is 0.550. The first-order valence-corrected chi connectivity index (χ1v) is 6.66. The zero-order valence-electron chi connectivity index (χ0n) is 9.75. The van der Waals surface area contributed by atoms with Gasteiger partial charge in [0.05, 0.1) is 6.54 Å². The third-order valence-corrected chi connectivity index (χ3v) is 4.09. The highest BCUT2D eigenvalue weighted by atomic mass is 32.2. The van der Waals surface area contributed by atoms with Crippen LogP contribution in [0, 0.1) is 0 Å². The number of nitrogens with two attached hydrogens (primary N) is 1. The minimum absolute atomic E-state index is 0.159. The summed E-state index contributed by atoms with van der Waals surface area (Å²) in [7, 11) is -0.841. The van der Waals surface area contributed by atoms with E-state index in [-0.39, 0.29) is 4.75 Å². The van der Waals surface area contributed by atoms with Gasteiger partial charge in [-0.05, 0) is 33.6 Å². The largest absolute Gasteiger partial charge is 0.370 e. The van der Waals surface area contributed by atoms with Crippen molar-refractivity contribution in [1.82, 2.24) is 5.32 Å². The highest BCUT2D eigenvalue weighted by Crippen LogP contribution is 2.18. The first-order chi connectivity index (χ1) is 6.89. The molecular weight excluding hydrogens is 210 g/mol. The molecule has 1 rings (SSSR count). The van der Waals surface area contributed by atoms with Crippen LogP contribution in [0.15, 0.2) is 4.99 Å². The molecule has 4 nitrogen and oxygen atoms in total. The second-order valence-electron chi connectivity index (χ2n) is 4.85. The maximum Gasteiger partial charge on any atom is 0.188 e. The Morgan fingerprint density at radius 3 is 2.60 bits per heavy atom. The third-order valence-electron chi connectivity index (χ3n) is 2.17. The van der Waals surface area contributed by atoms with Gasteiger partial charge in [0.15, 0.2) is 5.96 Å². The van der Waals surface area contributed by atoms with Crippen molar-refractivity contribution in [3.63, 3.8) is 0 Å². The summed E-state index contributed by atoms with van der Waals surface area (Å²) in [6.07, 6.45) is 2.37. The first-order valence-electron chi connectivity index (χ1n) is 5.34. The summed E-state index contributed by atoms with van der Waals surface area (Å²) < 4.78 is 11.5. The van der Waals surface area contributed by atoms with Crippen LogP contribution >= 0.6 is 0 Å². The van der Waals surface area contributed by atoms with E-state index in [1.165, 1.54) is 12.8 Å². The second-order valence-corrected chi connectivity index (χ2v) is 7.17.